The molecule has 0 aromatic carbocycles. The molecule has 1 aromatic heterocycles. The van der Waals surface area contributed by atoms with E-state index in [1.807, 2.05) is 32.6 Å². The van der Waals surface area contributed by atoms with E-state index in [-0.39, 0.29) is 17.5 Å². The minimum Gasteiger partial charge on any atom is -0.343 e. The van der Waals surface area contributed by atoms with E-state index >= 15 is 0 Å². The van der Waals surface area contributed by atoms with Gasteiger partial charge in [0.15, 0.2) is 5.16 Å². The Balaban J connectivity index is 2.30. The number of rotatable bonds is 5. The van der Waals surface area contributed by atoms with Gasteiger partial charge in [-0.15, -0.1) is 0 Å². The third kappa shape index (κ3) is 3.00. The second-order valence-electron chi connectivity index (χ2n) is 5.22. The van der Waals surface area contributed by atoms with Crippen LogP contribution in [-0.4, -0.2) is 39.2 Å². The lowest BCUT2D eigenvalue weighted by Gasteiger charge is -2.21. The molecule has 0 N–H and O–H groups in total. The van der Waals surface area contributed by atoms with Gasteiger partial charge in [0.1, 0.15) is 0 Å². The van der Waals surface area contributed by atoms with E-state index < -0.39 is 0 Å². The molecule has 2 heterocycles. The molecule has 116 valence electrons. The molecule has 0 saturated carbocycles. The highest BCUT2D eigenvalue weighted by Gasteiger charge is 2.29. The zero-order chi connectivity index (χ0) is 15.6. The molecular weight excluding hydrogens is 286 g/mol. The first kappa shape index (κ1) is 16.1. The first-order valence-corrected chi connectivity index (χ1v) is 8.54. The van der Waals surface area contributed by atoms with Gasteiger partial charge < -0.3 is 4.90 Å². The van der Waals surface area contributed by atoms with Crippen LogP contribution in [0.4, 0.5) is 0 Å². The molecule has 0 radical (unpaired) electrons. The van der Waals surface area contributed by atoms with Crippen LogP contribution in [-0.2, 0) is 11.2 Å². The average molecular weight is 309 g/mol. The van der Waals surface area contributed by atoms with E-state index in [1.54, 1.807) is 16.3 Å². The molecule has 0 bridgehead atoms. The van der Waals surface area contributed by atoms with E-state index in [1.165, 1.54) is 0 Å². The molecule has 1 aliphatic heterocycles. The Morgan fingerprint density at radius 3 is 2.62 bits per heavy atom. The number of aromatic nitrogens is 2. The van der Waals surface area contributed by atoms with Gasteiger partial charge in [-0.3, -0.25) is 14.2 Å². The number of amides is 1. The van der Waals surface area contributed by atoms with E-state index in [0.29, 0.717) is 25.9 Å². The van der Waals surface area contributed by atoms with Crippen LogP contribution < -0.4 is 5.56 Å². The first-order chi connectivity index (χ1) is 10.0. The monoisotopic (exact) mass is 309 g/mol. The van der Waals surface area contributed by atoms with Crippen LogP contribution in [0.5, 0.6) is 0 Å². The van der Waals surface area contributed by atoms with Crippen molar-refractivity contribution in [1.82, 2.24) is 14.5 Å². The zero-order valence-corrected chi connectivity index (χ0v) is 14.0. The summed E-state index contributed by atoms with van der Waals surface area (Å²) in [6.07, 6.45) is 1.06. The number of thioether (sulfide) groups is 1. The third-order valence-corrected chi connectivity index (χ3v) is 5.13. The van der Waals surface area contributed by atoms with Crippen molar-refractivity contribution >= 4 is 17.7 Å². The maximum absolute atomic E-state index is 12.6. The molecule has 1 atom stereocenters. The number of carbonyl (C=O) groups is 1. The van der Waals surface area contributed by atoms with Crippen molar-refractivity contribution in [1.29, 1.82) is 0 Å². The molecule has 0 spiro atoms. The van der Waals surface area contributed by atoms with E-state index in [4.69, 9.17) is 0 Å². The molecule has 0 aliphatic carbocycles. The van der Waals surface area contributed by atoms with Gasteiger partial charge in [0.05, 0.1) is 6.04 Å². The molecule has 5 nitrogen and oxygen atoms in total. The summed E-state index contributed by atoms with van der Waals surface area (Å²) < 4.78 is 1.73. The van der Waals surface area contributed by atoms with Crippen molar-refractivity contribution < 1.29 is 4.79 Å². The van der Waals surface area contributed by atoms with Crippen LogP contribution in [0.2, 0.25) is 0 Å². The summed E-state index contributed by atoms with van der Waals surface area (Å²) in [5, 5.41) is 0.757. The van der Waals surface area contributed by atoms with Gasteiger partial charge >= 0.3 is 0 Å². The minimum atomic E-state index is -0.0657. The highest BCUT2D eigenvalue weighted by molar-refractivity contribution is 7.99. The molecule has 1 aromatic rings. The highest BCUT2D eigenvalue weighted by atomic mass is 32.2. The van der Waals surface area contributed by atoms with E-state index in [9.17, 15) is 9.59 Å². The fourth-order valence-electron chi connectivity index (χ4n) is 2.79. The van der Waals surface area contributed by atoms with Crippen molar-refractivity contribution in [2.45, 2.75) is 51.7 Å². The van der Waals surface area contributed by atoms with Crippen LogP contribution in [0, 0.1) is 6.92 Å². The molecule has 1 unspecified atom stereocenters. The van der Waals surface area contributed by atoms with Gasteiger partial charge in [-0.05, 0) is 27.2 Å². The topological polar surface area (TPSA) is 55.2 Å². The molecular formula is C15H23N3O2S. The number of fused-ring (bicyclic) bond motifs is 1. The summed E-state index contributed by atoms with van der Waals surface area (Å²) in [4.78, 5) is 31.2. The number of aryl methyl sites for hydroxylation is 1. The predicted octanol–water partition coefficient (Wildman–Crippen LogP) is 2.02. The van der Waals surface area contributed by atoms with Gasteiger partial charge in [0, 0.05) is 36.5 Å². The lowest BCUT2D eigenvalue weighted by atomic mass is 10.1. The molecule has 6 heteroatoms. The standard InChI is InChI=1S/C15H23N3O2S/c1-5-12-10(4)16-15-18(14(12)20)11(9-21-15)8-13(19)17(6-2)7-3/h11H,5-9H2,1-4H3. The van der Waals surface area contributed by atoms with Crippen molar-refractivity contribution in [3.05, 3.63) is 21.6 Å². The number of carbonyl (C=O) groups excluding carboxylic acids is 1. The van der Waals surface area contributed by atoms with E-state index in [0.717, 1.165) is 22.2 Å². The van der Waals surface area contributed by atoms with Crippen LogP contribution in [0.3, 0.4) is 0 Å². The van der Waals surface area contributed by atoms with Gasteiger partial charge in [-0.1, -0.05) is 18.7 Å². The van der Waals surface area contributed by atoms with Gasteiger partial charge in [-0.25, -0.2) is 4.98 Å². The van der Waals surface area contributed by atoms with Crippen LogP contribution in [0.15, 0.2) is 9.95 Å². The fraction of sp³-hybridized carbons (Fsp3) is 0.667. The van der Waals surface area contributed by atoms with Crippen LogP contribution in [0.1, 0.15) is 44.5 Å². The Labute approximate surface area is 129 Å². The first-order valence-electron chi connectivity index (χ1n) is 7.55. The normalized spacial score (nSPS) is 16.9. The summed E-state index contributed by atoms with van der Waals surface area (Å²) in [7, 11) is 0. The summed E-state index contributed by atoms with van der Waals surface area (Å²) in [5.41, 5.74) is 1.61. The van der Waals surface area contributed by atoms with Crippen LogP contribution in [0.25, 0.3) is 0 Å². The Bertz CT molecular complexity index is 593. The quantitative estimate of drug-likeness (QED) is 0.781. The Morgan fingerprint density at radius 1 is 1.38 bits per heavy atom. The summed E-state index contributed by atoms with van der Waals surface area (Å²) in [6, 6.07) is -0.0657. The number of hydrogen-bond acceptors (Lipinski definition) is 4. The summed E-state index contributed by atoms with van der Waals surface area (Å²) >= 11 is 1.57. The van der Waals surface area contributed by atoms with Gasteiger partial charge in [0.2, 0.25) is 5.91 Å². The molecule has 0 saturated heterocycles. The van der Waals surface area contributed by atoms with E-state index in [2.05, 4.69) is 4.98 Å². The average Bonchev–Trinajstić information content (AvgIpc) is 2.83. The minimum absolute atomic E-state index is 0.0300. The van der Waals surface area contributed by atoms with Crippen molar-refractivity contribution in [2.75, 3.05) is 18.8 Å². The lowest BCUT2D eigenvalue weighted by molar-refractivity contribution is -0.131. The Hall–Kier alpha value is -1.30. The lowest BCUT2D eigenvalue weighted by Crippen LogP contribution is -2.35. The number of nitrogens with zero attached hydrogens (tertiary/aromatic N) is 3. The number of hydrogen-bond donors (Lipinski definition) is 0. The van der Waals surface area contributed by atoms with Crippen molar-refractivity contribution in [3.63, 3.8) is 0 Å². The Kier molecular flexibility index (Phi) is 5.08. The maximum Gasteiger partial charge on any atom is 0.257 e. The maximum atomic E-state index is 12.6. The smallest absolute Gasteiger partial charge is 0.257 e. The molecule has 2 rings (SSSR count). The molecule has 21 heavy (non-hydrogen) atoms. The van der Waals surface area contributed by atoms with Crippen molar-refractivity contribution in [3.8, 4) is 0 Å². The molecule has 1 aliphatic rings. The van der Waals surface area contributed by atoms with Gasteiger partial charge in [0.25, 0.3) is 5.56 Å². The zero-order valence-electron chi connectivity index (χ0n) is 13.2. The van der Waals surface area contributed by atoms with Gasteiger partial charge in [-0.2, -0.15) is 0 Å². The highest BCUT2D eigenvalue weighted by Crippen LogP contribution is 2.32. The SMILES string of the molecule is CCc1c(C)nc2n(c1=O)C(CC(=O)N(CC)CC)CS2. The van der Waals surface area contributed by atoms with Crippen LogP contribution >= 0.6 is 11.8 Å². The fourth-order valence-corrected chi connectivity index (χ4v) is 3.97. The summed E-state index contributed by atoms with van der Waals surface area (Å²) in [5.74, 6) is 0.867. The Morgan fingerprint density at radius 2 is 2.05 bits per heavy atom. The predicted molar refractivity (Wildman–Crippen MR) is 84.9 cm³/mol. The second kappa shape index (κ2) is 6.64. The largest absolute Gasteiger partial charge is 0.343 e. The molecule has 0 fully saturated rings. The summed E-state index contributed by atoms with van der Waals surface area (Å²) in [6.45, 7) is 9.23. The second-order valence-corrected chi connectivity index (χ2v) is 6.21. The van der Waals surface area contributed by atoms with Crippen molar-refractivity contribution in [2.24, 2.45) is 0 Å². The molecule has 1 amide bonds. The third-order valence-electron chi connectivity index (χ3n) is 4.03.